The fourth-order valence-electron chi connectivity index (χ4n) is 1.13. The van der Waals surface area contributed by atoms with E-state index in [2.05, 4.69) is 0 Å². The van der Waals surface area contributed by atoms with Crippen LogP contribution in [0.1, 0.15) is 22.8 Å². The molecule has 0 aliphatic heterocycles. The predicted molar refractivity (Wildman–Crippen MR) is 56.5 cm³/mol. The summed E-state index contributed by atoms with van der Waals surface area (Å²) in [7, 11) is 0. The van der Waals surface area contributed by atoms with E-state index in [-0.39, 0.29) is 12.2 Å². The maximum absolute atomic E-state index is 12.4. The molecule has 2 nitrogen and oxygen atoms in total. The third kappa shape index (κ3) is 3.94. The third-order valence-corrected chi connectivity index (χ3v) is 1.97. The van der Waals surface area contributed by atoms with E-state index in [1.54, 1.807) is 19.1 Å². The molecule has 1 aromatic rings. The molecule has 0 amide bonds. The predicted octanol–water partition coefficient (Wildman–Crippen LogP) is 3.44. The number of carbonyl (C=O) groups excluding carboxylic acids is 1. The monoisotopic (exact) mass is 244 g/mol. The van der Waals surface area contributed by atoms with Crippen molar-refractivity contribution >= 4 is 5.97 Å². The van der Waals surface area contributed by atoms with Crippen molar-refractivity contribution in [1.29, 1.82) is 0 Å². The van der Waals surface area contributed by atoms with Gasteiger partial charge in [-0.3, -0.25) is 0 Å². The van der Waals surface area contributed by atoms with Gasteiger partial charge in [0.1, 0.15) is 6.61 Å². The minimum Gasteiger partial charge on any atom is -0.458 e. The van der Waals surface area contributed by atoms with Crippen molar-refractivity contribution in [1.82, 2.24) is 0 Å². The van der Waals surface area contributed by atoms with E-state index in [9.17, 15) is 18.0 Å². The van der Waals surface area contributed by atoms with Crippen molar-refractivity contribution in [2.75, 3.05) is 6.61 Å². The van der Waals surface area contributed by atoms with Gasteiger partial charge in [0.2, 0.25) is 0 Å². The highest BCUT2D eigenvalue weighted by Gasteiger charge is 2.30. The van der Waals surface area contributed by atoms with Crippen LogP contribution >= 0.6 is 0 Å². The van der Waals surface area contributed by atoms with E-state index >= 15 is 0 Å². The third-order valence-electron chi connectivity index (χ3n) is 1.97. The molecule has 0 spiro atoms. The van der Waals surface area contributed by atoms with Gasteiger partial charge in [-0.1, -0.05) is 18.2 Å². The molecule has 0 aromatic heterocycles. The van der Waals surface area contributed by atoms with Crippen molar-refractivity contribution in [3.8, 4) is 0 Å². The van der Waals surface area contributed by atoms with Gasteiger partial charge in [-0.15, -0.1) is 0 Å². The zero-order valence-electron chi connectivity index (χ0n) is 9.12. The molecular formula is C12H11F3O2. The van der Waals surface area contributed by atoms with Gasteiger partial charge >= 0.3 is 12.1 Å². The fourth-order valence-corrected chi connectivity index (χ4v) is 1.13. The number of hydrogen-bond donors (Lipinski definition) is 0. The van der Waals surface area contributed by atoms with Crippen molar-refractivity contribution in [3.63, 3.8) is 0 Å². The van der Waals surface area contributed by atoms with E-state index in [1.807, 2.05) is 0 Å². The Hall–Kier alpha value is -1.78. The van der Waals surface area contributed by atoms with Crippen molar-refractivity contribution in [2.45, 2.75) is 13.1 Å². The van der Waals surface area contributed by atoms with Crippen molar-refractivity contribution in [3.05, 3.63) is 47.5 Å². The molecule has 0 heterocycles. The van der Waals surface area contributed by atoms with E-state index in [0.717, 1.165) is 12.1 Å². The highest BCUT2D eigenvalue weighted by atomic mass is 19.4. The first kappa shape index (κ1) is 13.3. The molecule has 1 aromatic carbocycles. The summed E-state index contributed by atoms with van der Waals surface area (Å²) in [6, 6.07) is 4.14. The average Bonchev–Trinajstić information content (AvgIpc) is 2.28. The van der Waals surface area contributed by atoms with Crippen LogP contribution in [0, 0.1) is 0 Å². The SMILES string of the molecule is C/C=C/COC(=O)c1cccc(C(F)(F)F)c1. The van der Waals surface area contributed by atoms with E-state index in [0.29, 0.717) is 0 Å². The summed E-state index contributed by atoms with van der Waals surface area (Å²) in [4.78, 5) is 11.4. The Labute approximate surface area is 96.7 Å². The van der Waals surface area contributed by atoms with Crippen LogP contribution in [0.5, 0.6) is 0 Å². The quantitative estimate of drug-likeness (QED) is 0.601. The number of alkyl halides is 3. The molecule has 0 aliphatic carbocycles. The fraction of sp³-hybridized carbons (Fsp3) is 0.250. The van der Waals surface area contributed by atoms with Crippen molar-refractivity contribution in [2.24, 2.45) is 0 Å². The van der Waals surface area contributed by atoms with Crippen LogP contribution in [0.25, 0.3) is 0 Å². The van der Waals surface area contributed by atoms with E-state index in [4.69, 9.17) is 4.74 Å². The summed E-state index contributed by atoms with van der Waals surface area (Å²) in [6.45, 7) is 1.80. The smallest absolute Gasteiger partial charge is 0.416 e. The number of halogens is 3. The minimum atomic E-state index is -4.46. The second-order valence-corrected chi connectivity index (χ2v) is 3.25. The number of carbonyl (C=O) groups is 1. The van der Waals surface area contributed by atoms with Gasteiger partial charge in [0, 0.05) is 0 Å². The maximum atomic E-state index is 12.4. The molecule has 0 radical (unpaired) electrons. The topological polar surface area (TPSA) is 26.3 Å². The lowest BCUT2D eigenvalue weighted by atomic mass is 10.1. The molecule has 0 saturated carbocycles. The van der Waals surface area contributed by atoms with Gasteiger partial charge in [0.15, 0.2) is 0 Å². The molecule has 0 saturated heterocycles. The first-order valence-corrected chi connectivity index (χ1v) is 4.90. The summed E-state index contributed by atoms with van der Waals surface area (Å²) in [5.41, 5.74) is -0.970. The number of rotatable bonds is 3. The summed E-state index contributed by atoms with van der Waals surface area (Å²) >= 11 is 0. The largest absolute Gasteiger partial charge is 0.458 e. The van der Waals surface area contributed by atoms with Gasteiger partial charge in [-0.25, -0.2) is 4.79 Å². The minimum absolute atomic E-state index is 0.0472. The highest BCUT2D eigenvalue weighted by Crippen LogP contribution is 2.29. The van der Waals surface area contributed by atoms with Gasteiger partial charge in [0.25, 0.3) is 0 Å². The van der Waals surface area contributed by atoms with Crippen LogP contribution in [0.4, 0.5) is 13.2 Å². The lowest BCUT2D eigenvalue weighted by molar-refractivity contribution is -0.137. The molecular weight excluding hydrogens is 233 g/mol. The van der Waals surface area contributed by atoms with Gasteiger partial charge in [-0.05, 0) is 25.1 Å². The maximum Gasteiger partial charge on any atom is 0.416 e. The standard InChI is InChI=1S/C12H11F3O2/c1-2-3-7-17-11(16)9-5-4-6-10(8-9)12(13,14)15/h2-6,8H,7H2,1H3/b3-2+. The molecule has 92 valence electrons. The second kappa shape index (κ2) is 5.52. The Balaban J connectivity index is 2.81. The number of allylic oxidation sites excluding steroid dienone is 1. The summed E-state index contributed by atoms with van der Waals surface area (Å²) in [5, 5.41) is 0. The van der Waals surface area contributed by atoms with E-state index < -0.39 is 17.7 Å². The van der Waals surface area contributed by atoms with Gasteiger partial charge in [0.05, 0.1) is 11.1 Å². The number of hydrogen-bond acceptors (Lipinski definition) is 2. The lowest BCUT2D eigenvalue weighted by Crippen LogP contribution is -2.09. The Morgan fingerprint density at radius 1 is 1.41 bits per heavy atom. The molecule has 0 atom stereocenters. The Bertz CT molecular complexity index is 422. The molecule has 0 aliphatic rings. The van der Waals surface area contributed by atoms with Crippen LogP contribution in [0.3, 0.4) is 0 Å². The van der Waals surface area contributed by atoms with Crippen LogP contribution in [0.2, 0.25) is 0 Å². The zero-order chi connectivity index (χ0) is 12.9. The summed E-state index contributed by atoms with van der Waals surface area (Å²) in [5.74, 6) is -0.769. The molecule has 1 rings (SSSR count). The first-order valence-electron chi connectivity index (χ1n) is 4.90. The Kier molecular flexibility index (Phi) is 4.31. The summed E-state index contributed by atoms with van der Waals surface area (Å²) < 4.78 is 41.9. The molecule has 0 unspecified atom stereocenters. The molecule has 17 heavy (non-hydrogen) atoms. The number of benzene rings is 1. The Morgan fingerprint density at radius 2 is 2.12 bits per heavy atom. The molecule has 0 fully saturated rings. The molecule has 0 N–H and O–H groups in total. The van der Waals surface area contributed by atoms with Gasteiger partial charge in [-0.2, -0.15) is 13.2 Å². The van der Waals surface area contributed by atoms with Crippen LogP contribution in [-0.4, -0.2) is 12.6 Å². The number of ether oxygens (including phenoxy) is 1. The van der Waals surface area contributed by atoms with Crippen LogP contribution in [-0.2, 0) is 10.9 Å². The van der Waals surface area contributed by atoms with Crippen LogP contribution in [0.15, 0.2) is 36.4 Å². The van der Waals surface area contributed by atoms with E-state index in [1.165, 1.54) is 12.1 Å². The highest BCUT2D eigenvalue weighted by molar-refractivity contribution is 5.89. The number of esters is 1. The zero-order valence-corrected chi connectivity index (χ0v) is 9.12. The average molecular weight is 244 g/mol. The van der Waals surface area contributed by atoms with Crippen LogP contribution < -0.4 is 0 Å². The summed E-state index contributed by atoms with van der Waals surface area (Å²) in [6.07, 6.45) is -1.19. The first-order chi connectivity index (χ1) is 7.95. The Morgan fingerprint density at radius 3 is 2.71 bits per heavy atom. The normalized spacial score (nSPS) is 11.8. The van der Waals surface area contributed by atoms with Crippen molar-refractivity contribution < 1.29 is 22.7 Å². The molecule has 5 heteroatoms. The molecule has 0 bridgehead atoms. The second-order valence-electron chi connectivity index (χ2n) is 3.25. The van der Waals surface area contributed by atoms with Gasteiger partial charge < -0.3 is 4.74 Å². The lowest BCUT2D eigenvalue weighted by Gasteiger charge is -2.08.